The minimum Gasteiger partial charge on any atom is -0.311 e. The van der Waals surface area contributed by atoms with Gasteiger partial charge in [0.25, 0.3) is 10.0 Å². The van der Waals surface area contributed by atoms with Crippen LogP contribution in [0.1, 0.15) is 41.5 Å². The standard InChI is InChI=1S/C20H22N2O3S/c1-12-6-7-18(13(2)9-12)21-26(24,25)16-10-15-5-4-8-22-19(15)17(11-16)14(3)20(22)23/h6-7,9-11,14,21H,4-5,8H2,1-3H3/t14-/m1/s1. The zero-order chi connectivity index (χ0) is 18.6. The Morgan fingerprint density at radius 2 is 1.92 bits per heavy atom. The Hall–Kier alpha value is -2.34. The molecule has 1 amide bonds. The number of amides is 1. The van der Waals surface area contributed by atoms with Crippen molar-refractivity contribution in [3.63, 3.8) is 0 Å². The van der Waals surface area contributed by atoms with Crippen LogP contribution < -0.4 is 9.62 Å². The lowest BCUT2D eigenvalue weighted by Crippen LogP contribution is -2.32. The third kappa shape index (κ3) is 2.60. The Kier molecular flexibility index (Phi) is 3.84. The first-order valence-electron chi connectivity index (χ1n) is 8.86. The van der Waals surface area contributed by atoms with E-state index in [0.717, 1.165) is 47.3 Å². The summed E-state index contributed by atoms with van der Waals surface area (Å²) in [6.07, 6.45) is 1.66. The van der Waals surface area contributed by atoms with Crippen molar-refractivity contribution in [2.24, 2.45) is 0 Å². The SMILES string of the molecule is Cc1ccc(NS(=O)(=O)c2cc3c4c(c2)[C@@H](C)C(=O)N4CCC3)c(C)c1. The van der Waals surface area contributed by atoms with Crippen molar-refractivity contribution in [2.75, 3.05) is 16.2 Å². The monoisotopic (exact) mass is 370 g/mol. The van der Waals surface area contributed by atoms with Gasteiger partial charge in [0.15, 0.2) is 0 Å². The van der Waals surface area contributed by atoms with Crippen molar-refractivity contribution >= 4 is 27.3 Å². The second-order valence-corrected chi connectivity index (χ2v) is 8.94. The molecule has 26 heavy (non-hydrogen) atoms. The van der Waals surface area contributed by atoms with Crippen LogP contribution in [0, 0.1) is 13.8 Å². The maximum absolute atomic E-state index is 13.0. The number of benzene rings is 2. The molecule has 1 N–H and O–H groups in total. The number of nitrogens with one attached hydrogen (secondary N) is 1. The van der Waals surface area contributed by atoms with Crippen molar-refractivity contribution in [3.8, 4) is 0 Å². The fraction of sp³-hybridized carbons (Fsp3) is 0.350. The summed E-state index contributed by atoms with van der Waals surface area (Å²) in [7, 11) is -3.72. The van der Waals surface area contributed by atoms with Crippen LogP contribution in [0.15, 0.2) is 35.2 Å². The highest BCUT2D eigenvalue weighted by Gasteiger charge is 2.38. The number of anilines is 2. The van der Waals surface area contributed by atoms with Crippen molar-refractivity contribution in [1.29, 1.82) is 0 Å². The molecule has 2 aliphatic heterocycles. The lowest BCUT2D eigenvalue weighted by molar-refractivity contribution is -0.119. The van der Waals surface area contributed by atoms with E-state index in [0.29, 0.717) is 5.69 Å². The van der Waals surface area contributed by atoms with E-state index < -0.39 is 10.0 Å². The highest BCUT2D eigenvalue weighted by Crippen LogP contribution is 2.44. The topological polar surface area (TPSA) is 66.5 Å². The summed E-state index contributed by atoms with van der Waals surface area (Å²) in [6.45, 7) is 6.43. The lowest BCUT2D eigenvalue weighted by atomic mass is 9.97. The Balaban J connectivity index is 1.78. The molecule has 136 valence electrons. The number of nitrogens with zero attached hydrogens (tertiary/aromatic N) is 1. The number of sulfonamides is 1. The van der Waals surface area contributed by atoms with Gasteiger partial charge in [0, 0.05) is 6.54 Å². The zero-order valence-corrected chi connectivity index (χ0v) is 16.0. The highest BCUT2D eigenvalue weighted by atomic mass is 32.2. The number of hydrogen-bond donors (Lipinski definition) is 1. The summed E-state index contributed by atoms with van der Waals surface area (Å²) in [6, 6.07) is 9.01. The average Bonchev–Trinajstić information content (AvgIpc) is 2.84. The molecule has 6 heteroatoms. The third-order valence-corrected chi connectivity index (χ3v) is 6.67. The van der Waals surface area contributed by atoms with Crippen molar-refractivity contribution in [3.05, 3.63) is 52.6 Å². The molecule has 4 rings (SSSR count). The molecule has 2 aliphatic rings. The molecular weight excluding hydrogens is 348 g/mol. The molecule has 0 radical (unpaired) electrons. The number of rotatable bonds is 3. The van der Waals surface area contributed by atoms with E-state index in [9.17, 15) is 13.2 Å². The van der Waals surface area contributed by atoms with Gasteiger partial charge in [-0.2, -0.15) is 0 Å². The van der Waals surface area contributed by atoms with Gasteiger partial charge in [0.05, 0.1) is 22.2 Å². The largest absolute Gasteiger partial charge is 0.311 e. The predicted octanol–water partition coefficient (Wildman–Crippen LogP) is 3.50. The van der Waals surface area contributed by atoms with Gasteiger partial charge in [0.2, 0.25) is 5.91 Å². The van der Waals surface area contributed by atoms with Gasteiger partial charge in [-0.05, 0) is 68.5 Å². The zero-order valence-electron chi connectivity index (χ0n) is 15.2. The Bertz CT molecular complexity index is 1030. The van der Waals surface area contributed by atoms with E-state index in [-0.39, 0.29) is 16.7 Å². The van der Waals surface area contributed by atoms with Gasteiger partial charge in [0.1, 0.15) is 0 Å². The smallest absolute Gasteiger partial charge is 0.261 e. The summed E-state index contributed by atoms with van der Waals surface area (Å²) in [5.74, 6) is -0.226. The summed E-state index contributed by atoms with van der Waals surface area (Å²) >= 11 is 0. The van der Waals surface area contributed by atoms with Crippen LogP contribution in [0.4, 0.5) is 11.4 Å². The van der Waals surface area contributed by atoms with Crippen LogP contribution in [0.3, 0.4) is 0 Å². The van der Waals surface area contributed by atoms with Gasteiger partial charge in [-0.1, -0.05) is 17.7 Å². The molecule has 0 saturated carbocycles. The van der Waals surface area contributed by atoms with E-state index in [4.69, 9.17) is 0 Å². The lowest BCUT2D eigenvalue weighted by Gasteiger charge is -2.26. The minimum atomic E-state index is -3.72. The first kappa shape index (κ1) is 17.1. The predicted molar refractivity (Wildman–Crippen MR) is 102 cm³/mol. The van der Waals surface area contributed by atoms with E-state index in [1.165, 1.54) is 0 Å². The molecule has 1 atom stereocenters. The van der Waals surface area contributed by atoms with Gasteiger partial charge >= 0.3 is 0 Å². The Morgan fingerprint density at radius 3 is 2.65 bits per heavy atom. The van der Waals surface area contributed by atoms with Crippen LogP contribution >= 0.6 is 0 Å². The molecular formula is C20H22N2O3S. The molecule has 2 aromatic rings. The normalized spacial score (nSPS) is 18.8. The maximum Gasteiger partial charge on any atom is 0.261 e. The molecule has 0 aromatic heterocycles. The van der Waals surface area contributed by atoms with Crippen LogP contribution in [-0.2, 0) is 21.2 Å². The summed E-state index contributed by atoms with van der Waals surface area (Å²) in [4.78, 5) is 14.5. The number of hydrogen-bond acceptors (Lipinski definition) is 3. The van der Waals surface area contributed by atoms with E-state index in [1.807, 2.05) is 37.8 Å². The highest BCUT2D eigenvalue weighted by molar-refractivity contribution is 7.92. The molecule has 0 saturated heterocycles. The van der Waals surface area contributed by atoms with Crippen LogP contribution in [0.2, 0.25) is 0 Å². The van der Waals surface area contributed by atoms with Crippen molar-refractivity contribution < 1.29 is 13.2 Å². The second kappa shape index (κ2) is 5.84. The minimum absolute atomic E-state index is 0.0674. The van der Waals surface area contributed by atoms with Crippen molar-refractivity contribution in [1.82, 2.24) is 0 Å². The number of carbonyl (C=O) groups is 1. The molecule has 0 aliphatic carbocycles. The quantitative estimate of drug-likeness (QED) is 0.899. The van der Waals surface area contributed by atoms with Gasteiger partial charge in [-0.25, -0.2) is 8.42 Å². The van der Waals surface area contributed by atoms with Gasteiger partial charge in [-0.15, -0.1) is 0 Å². The molecule has 0 bridgehead atoms. The van der Waals surface area contributed by atoms with Crippen molar-refractivity contribution in [2.45, 2.75) is 44.4 Å². The summed E-state index contributed by atoms with van der Waals surface area (Å²) in [5.41, 5.74) is 5.25. The van der Waals surface area contributed by atoms with Crippen LogP contribution in [0.25, 0.3) is 0 Å². The molecule has 5 nitrogen and oxygen atoms in total. The molecule has 0 unspecified atom stereocenters. The second-order valence-electron chi connectivity index (χ2n) is 7.26. The summed E-state index contributed by atoms with van der Waals surface area (Å²) in [5, 5.41) is 0. The molecule has 0 fully saturated rings. The maximum atomic E-state index is 13.0. The summed E-state index contributed by atoms with van der Waals surface area (Å²) < 4.78 is 28.7. The molecule has 2 aromatic carbocycles. The van der Waals surface area contributed by atoms with Gasteiger partial charge in [-0.3, -0.25) is 9.52 Å². The van der Waals surface area contributed by atoms with E-state index >= 15 is 0 Å². The Morgan fingerprint density at radius 1 is 1.15 bits per heavy atom. The fourth-order valence-electron chi connectivity index (χ4n) is 3.95. The fourth-order valence-corrected chi connectivity index (χ4v) is 5.17. The first-order valence-corrected chi connectivity index (χ1v) is 10.3. The molecule has 0 spiro atoms. The first-order chi connectivity index (χ1) is 12.3. The number of carbonyl (C=O) groups excluding carboxylic acids is 1. The molecule has 2 heterocycles. The van der Waals surface area contributed by atoms with Crippen LogP contribution in [0.5, 0.6) is 0 Å². The van der Waals surface area contributed by atoms with E-state index in [2.05, 4.69) is 4.72 Å². The van der Waals surface area contributed by atoms with Gasteiger partial charge < -0.3 is 4.90 Å². The number of aryl methyl sites for hydroxylation is 3. The van der Waals surface area contributed by atoms with E-state index in [1.54, 1.807) is 18.2 Å². The Labute approximate surface area is 154 Å². The average molecular weight is 370 g/mol. The third-order valence-electron chi connectivity index (χ3n) is 5.33. The van der Waals surface area contributed by atoms with Crippen LogP contribution in [-0.4, -0.2) is 20.9 Å².